The second kappa shape index (κ2) is 5.57. The van der Waals surface area contributed by atoms with Gasteiger partial charge in [-0.25, -0.2) is 9.78 Å². The number of carboxylic acids is 1. The number of aromatic nitrogens is 1. The SMILES string of the molecule is Cc1cc(C)c(C(=O)O)c(NCC2CCC(O)C2)n1. The quantitative estimate of drug-likeness (QED) is 0.774. The van der Waals surface area contributed by atoms with Crippen LogP contribution < -0.4 is 5.32 Å². The second-order valence-electron chi connectivity index (χ2n) is 5.32. The lowest BCUT2D eigenvalue weighted by Gasteiger charge is -2.15. The zero-order valence-electron chi connectivity index (χ0n) is 11.3. The molecule has 1 aromatic rings. The highest BCUT2D eigenvalue weighted by molar-refractivity contribution is 5.94. The molecule has 1 fully saturated rings. The van der Waals surface area contributed by atoms with Crippen LogP contribution >= 0.6 is 0 Å². The summed E-state index contributed by atoms with van der Waals surface area (Å²) in [7, 11) is 0. The zero-order valence-corrected chi connectivity index (χ0v) is 11.3. The van der Waals surface area contributed by atoms with Crippen molar-refractivity contribution in [3.8, 4) is 0 Å². The number of nitrogens with zero attached hydrogens (tertiary/aromatic N) is 1. The van der Waals surface area contributed by atoms with Crippen molar-refractivity contribution in [2.45, 2.75) is 39.2 Å². The predicted octanol–water partition coefficient (Wildman–Crippen LogP) is 1.97. The Bertz CT molecular complexity index is 488. The lowest BCUT2D eigenvalue weighted by Crippen LogP contribution is -2.17. The maximum absolute atomic E-state index is 11.3. The Morgan fingerprint density at radius 2 is 2.21 bits per heavy atom. The van der Waals surface area contributed by atoms with Crippen LogP contribution in [-0.2, 0) is 0 Å². The molecule has 104 valence electrons. The van der Waals surface area contributed by atoms with Crippen LogP contribution in [0.4, 0.5) is 5.82 Å². The van der Waals surface area contributed by atoms with Crippen LogP contribution in [0.3, 0.4) is 0 Å². The number of aryl methyl sites for hydroxylation is 2. The molecule has 0 bridgehead atoms. The third-order valence-corrected chi connectivity index (χ3v) is 3.63. The molecule has 5 heteroatoms. The van der Waals surface area contributed by atoms with Gasteiger partial charge in [0.25, 0.3) is 0 Å². The minimum atomic E-state index is -0.959. The highest BCUT2D eigenvalue weighted by atomic mass is 16.4. The van der Waals surface area contributed by atoms with Gasteiger partial charge in [0, 0.05) is 12.2 Å². The van der Waals surface area contributed by atoms with Crippen molar-refractivity contribution < 1.29 is 15.0 Å². The van der Waals surface area contributed by atoms with E-state index in [1.165, 1.54) is 0 Å². The monoisotopic (exact) mass is 264 g/mol. The van der Waals surface area contributed by atoms with E-state index in [4.69, 9.17) is 0 Å². The van der Waals surface area contributed by atoms with Gasteiger partial charge in [0.2, 0.25) is 0 Å². The van der Waals surface area contributed by atoms with Gasteiger partial charge in [0.1, 0.15) is 11.4 Å². The van der Waals surface area contributed by atoms with Crippen LogP contribution in [0.25, 0.3) is 0 Å². The molecule has 2 atom stereocenters. The van der Waals surface area contributed by atoms with Gasteiger partial charge in [0.05, 0.1) is 6.10 Å². The highest BCUT2D eigenvalue weighted by Gasteiger charge is 2.23. The number of anilines is 1. The van der Waals surface area contributed by atoms with Crippen LogP contribution in [-0.4, -0.2) is 33.8 Å². The number of hydrogen-bond acceptors (Lipinski definition) is 4. The van der Waals surface area contributed by atoms with Crippen LogP contribution in [0.5, 0.6) is 0 Å². The van der Waals surface area contributed by atoms with E-state index in [-0.39, 0.29) is 11.7 Å². The van der Waals surface area contributed by atoms with Crippen molar-refractivity contribution in [2.24, 2.45) is 5.92 Å². The first kappa shape index (κ1) is 13.8. The van der Waals surface area contributed by atoms with Crippen LogP contribution in [0.15, 0.2) is 6.07 Å². The first-order valence-corrected chi connectivity index (χ1v) is 6.61. The lowest BCUT2D eigenvalue weighted by atomic mass is 10.1. The Balaban J connectivity index is 2.12. The fraction of sp³-hybridized carbons (Fsp3) is 0.571. The smallest absolute Gasteiger partial charge is 0.339 e. The fourth-order valence-electron chi connectivity index (χ4n) is 2.71. The Kier molecular flexibility index (Phi) is 4.04. The Morgan fingerprint density at radius 3 is 2.79 bits per heavy atom. The summed E-state index contributed by atoms with van der Waals surface area (Å²) in [6.45, 7) is 4.29. The second-order valence-corrected chi connectivity index (χ2v) is 5.32. The van der Waals surface area contributed by atoms with Crippen molar-refractivity contribution in [1.82, 2.24) is 4.98 Å². The summed E-state index contributed by atoms with van der Waals surface area (Å²) >= 11 is 0. The third-order valence-electron chi connectivity index (χ3n) is 3.63. The van der Waals surface area contributed by atoms with Gasteiger partial charge < -0.3 is 15.5 Å². The molecule has 2 rings (SSSR count). The van der Waals surface area contributed by atoms with E-state index in [0.29, 0.717) is 23.8 Å². The average Bonchev–Trinajstić information content (AvgIpc) is 2.71. The maximum atomic E-state index is 11.3. The summed E-state index contributed by atoms with van der Waals surface area (Å²) in [6, 6.07) is 1.77. The summed E-state index contributed by atoms with van der Waals surface area (Å²) in [5.74, 6) is -0.135. The van der Waals surface area contributed by atoms with E-state index in [2.05, 4.69) is 10.3 Å². The summed E-state index contributed by atoms with van der Waals surface area (Å²) < 4.78 is 0. The summed E-state index contributed by atoms with van der Waals surface area (Å²) in [4.78, 5) is 15.6. The maximum Gasteiger partial charge on any atom is 0.339 e. The molecule has 1 saturated carbocycles. The molecule has 1 aliphatic rings. The molecule has 1 aromatic heterocycles. The number of carbonyl (C=O) groups is 1. The van der Waals surface area contributed by atoms with Crippen LogP contribution in [0.1, 0.15) is 40.9 Å². The predicted molar refractivity (Wildman–Crippen MR) is 72.5 cm³/mol. The van der Waals surface area contributed by atoms with E-state index < -0.39 is 5.97 Å². The van der Waals surface area contributed by atoms with E-state index in [9.17, 15) is 15.0 Å². The molecular formula is C14H20N2O3. The molecule has 0 aliphatic heterocycles. The van der Waals surface area contributed by atoms with Crippen LogP contribution in [0, 0.1) is 19.8 Å². The normalized spacial score (nSPS) is 22.5. The lowest BCUT2D eigenvalue weighted by molar-refractivity contribution is 0.0696. The number of nitrogens with one attached hydrogen (secondary N) is 1. The molecular weight excluding hydrogens is 244 g/mol. The number of pyridine rings is 1. The van der Waals surface area contributed by atoms with Gasteiger partial charge in [0.15, 0.2) is 0 Å². The Labute approximate surface area is 112 Å². The molecule has 1 aliphatic carbocycles. The van der Waals surface area contributed by atoms with Crippen molar-refractivity contribution >= 4 is 11.8 Å². The summed E-state index contributed by atoms with van der Waals surface area (Å²) in [5.41, 5.74) is 1.76. The van der Waals surface area contributed by atoms with Gasteiger partial charge in [-0.15, -0.1) is 0 Å². The molecule has 2 unspecified atom stereocenters. The van der Waals surface area contributed by atoms with E-state index in [1.54, 1.807) is 13.0 Å². The molecule has 19 heavy (non-hydrogen) atoms. The van der Waals surface area contributed by atoms with E-state index in [0.717, 1.165) is 25.0 Å². The largest absolute Gasteiger partial charge is 0.478 e. The van der Waals surface area contributed by atoms with Crippen molar-refractivity contribution in [3.63, 3.8) is 0 Å². The molecule has 0 amide bonds. The average molecular weight is 264 g/mol. The Morgan fingerprint density at radius 1 is 1.47 bits per heavy atom. The minimum Gasteiger partial charge on any atom is -0.478 e. The Hall–Kier alpha value is -1.62. The number of rotatable bonds is 4. The molecule has 3 N–H and O–H groups in total. The van der Waals surface area contributed by atoms with Crippen molar-refractivity contribution in [2.75, 3.05) is 11.9 Å². The molecule has 5 nitrogen and oxygen atoms in total. The molecule has 0 radical (unpaired) electrons. The molecule has 0 aromatic carbocycles. The fourth-order valence-corrected chi connectivity index (χ4v) is 2.71. The van der Waals surface area contributed by atoms with Gasteiger partial charge in [-0.2, -0.15) is 0 Å². The first-order valence-electron chi connectivity index (χ1n) is 6.61. The number of aliphatic hydroxyl groups excluding tert-OH is 1. The van der Waals surface area contributed by atoms with Gasteiger partial charge in [-0.1, -0.05) is 0 Å². The standard InChI is InChI=1S/C14H20N2O3/c1-8-5-9(2)16-13(12(8)14(18)19)15-7-10-3-4-11(17)6-10/h5,10-11,17H,3-4,6-7H2,1-2H3,(H,15,16)(H,18,19). The number of aromatic carboxylic acids is 1. The van der Waals surface area contributed by atoms with Gasteiger partial charge >= 0.3 is 5.97 Å². The number of hydrogen-bond donors (Lipinski definition) is 3. The molecule has 1 heterocycles. The van der Waals surface area contributed by atoms with E-state index in [1.807, 2.05) is 6.92 Å². The number of aliphatic hydroxyl groups is 1. The highest BCUT2D eigenvalue weighted by Crippen LogP contribution is 2.26. The topological polar surface area (TPSA) is 82.5 Å². The zero-order chi connectivity index (χ0) is 14.0. The van der Waals surface area contributed by atoms with E-state index >= 15 is 0 Å². The summed E-state index contributed by atoms with van der Waals surface area (Å²) in [6.07, 6.45) is 2.37. The van der Waals surface area contributed by atoms with Gasteiger partial charge in [-0.05, 0) is 50.7 Å². The number of carboxylic acid groups (broad SMARTS) is 1. The van der Waals surface area contributed by atoms with Crippen molar-refractivity contribution in [3.05, 3.63) is 22.9 Å². The third kappa shape index (κ3) is 3.23. The minimum absolute atomic E-state index is 0.210. The molecule has 0 saturated heterocycles. The summed E-state index contributed by atoms with van der Waals surface area (Å²) in [5, 5.41) is 21.9. The molecule has 0 spiro atoms. The first-order chi connectivity index (χ1) is 8.97. The van der Waals surface area contributed by atoms with Crippen molar-refractivity contribution in [1.29, 1.82) is 0 Å². The van der Waals surface area contributed by atoms with Crippen LogP contribution in [0.2, 0.25) is 0 Å². The van der Waals surface area contributed by atoms with Gasteiger partial charge in [-0.3, -0.25) is 0 Å².